The highest BCUT2D eigenvalue weighted by Crippen LogP contribution is 2.26. The van der Waals surface area contributed by atoms with E-state index >= 15 is 0 Å². The summed E-state index contributed by atoms with van der Waals surface area (Å²) in [5.74, 6) is -0.221. The molecule has 0 saturated heterocycles. The summed E-state index contributed by atoms with van der Waals surface area (Å²) in [6.45, 7) is 0.837. The lowest BCUT2D eigenvalue weighted by Crippen LogP contribution is -2.11. The SMILES string of the molecule is Fc1ccc2[nH]cc(C=C3CCCN=C3c3cccnc3)c2c1. The zero-order valence-corrected chi connectivity index (χ0v) is 12.6. The molecule has 3 nitrogen and oxygen atoms in total. The first kappa shape index (κ1) is 13.9. The average molecular weight is 305 g/mol. The third-order valence-electron chi connectivity index (χ3n) is 4.12. The number of aromatic nitrogens is 2. The molecule has 4 heteroatoms. The van der Waals surface area contributed by atoms with Crippen molar-refractivity contribution in [1.29, 1.82) is 0 Å². The van der Waals surface area contributed by atoms with Crippen molar-refractivity contribution in [2.45, 2.75) is 12.8 Å². The van der Waals surface area contributed by atoms with Gasteiger partial charge >= 0.3 is 0 Å². The zero-order valence-electron chi connectivity index (χ0n) is 12.6. The van der Waals surface area contributed by atoms with Crippen LogP contribution in [0.5, 0.6) is 0 Å². The number of halogens is 1. The maximum Gasteiger partial charge on any atom is 0.123 e. The van der Waals surface area contributed by atoms with Crippen LogP contribution in [-0.4, -0.2) is 22.2 Å². The molecule has 1 aromatic carbocycles. The Balaban J connectivity index is 1.80. The van der Waals surface area contributed by atoms with Gasteiger partial charge in [-0.2, -0.15) is 0 Å². The van der Waals surface area contributed by atoms with Crippen LogP contribution in [0.3, 0.4) is 0 Å². The maximum atomic E-state index is 13.5. The lowest BCUT2D eigenvalue weighted by Gasteiger charge is -2.16. The van der Waals surface area contributed by atoms with Gasteiger partial charge in [0.15, 0.2) is 0 Å². The van der Waals surface area contributed by atoms with E-state index in [4.69, 9.17) is 0 Å². The second kappa shape index (κ2) is 5.80. The average Bonchev–Trinajstić information content (AvgIpc) is 2.98. The molecule has 1 N–H and O–H groups in total. The van der Waals surface area contributed by atoms with Crippen LogP contribution in [0, 0.1) is 5.82 Å². The Hall–Kier alpha value is -2.75. The summed E-state index contributed by atoms with van der Waals surface area (Å²) in [4.78, 5) is 12.1. The van der Waals surface area contributed by atoms with Gasteiger partial charge in [-0.3, -0.25) is 9.98 Å². The van der Waals surface area contributed by atoms with Gasteiger partial charge < -0.3 is 4.98 Å². The molecule has 114 valence electrons. The maximum absolute atomic E-state index is 13.5. The fourth-order valence-corrected chi connectivity index (χ4v) is 3.02. The van der Waals surface area contributed by atoms with E-state index in [-0.39, 0.29) is 5.82 Å². The molecule has 3 heterocycles. The van der Waals surface area contributed by atoms with Gasteiger partial charge in [-0.25, -0.2) is 4.39 Å². The second-order valence-electron chi connectivity index (χ2n) is 5.68. The van der Waals surface area contributed by atoms with E-state index < -0.39 is 0 Å². The number of benzene rings is 1. The van der Waals surface area contributed by atoms with Gasteiger partial charge in [0.1, 0.15) is 5.82 Å². The predicted molar refractivity (Wildman–Crippen MR) is 91.1 cm³/mol. The zero-order chi connectivity index (χ0) is 15.6. The molecule has 0 saturated carbocycles. The van der Waals surface area contributed by atoms with E-state index in [1.165, 1.54) is 11.6 Å². The van der Waals surface area contributed by atoms with Gasteiger partial charge in [0.25, 0.3) is 0 Å². The number of hydrogen-bond donors (Lipinski definition) is 1. The van der Waals surface area contributed by atoms with Crippen LogP contribution in [-0.2, 0) is 0 Å². The fraction of sp³-hybridized carbons (Fsp3) is 0.158. The molecule has 4 rings (SSSR count). The summed E-state index contributed by atoms with van der Waals surface area (Å²) in [7, 11) is 0. The largest absolute Gasteiger partial charge is 0.361 e. The summed E-state index contributed by atoms with van der Waals surface area (Å²) >= 11 is 0. The molecule has 1 aliphatic heterocycles. The highest BCUT2D eigenvalue weighted by Gasteiger charge is 2.15. The minimum absolute atomic E-state index is 0.221. The number of H-pyrrole nitrogens is 1. The summed E-state index contributed by atoms with van der Waals surface area (Å²) in [5, 5.41) is 0.897. The van der Waals surface area contributed by atoms with Crippen molar-refractivity contribution < 1.29 is 4.39 Å². The molecule has 23 heavy (non-hydrogen) atoms. The van der Waals surface area contributed by atoms with Crippen LogP contribution in [0.1, 0.15) is 24.0 Å². The number of nitrogens with one attached hydrogen (secondary N) is 1. The van der Waals surface area contributed by atoms with Crippen molar-refractivity contribution in [3.05, 3.63) is 71.4 Å². The van der Waals surface area contributed by atoms with E-state index in [0.717, 1.165) is 47.1 Å². The first-order valence-corrected chi connectivity index (χ1v) is 7.74. The van der Waals surface area contributed by atoms with E-state index in [1.807, 2.05) is 24.5 Å². The molecule has 1 aliphatic rings. The van der Waals surface area contributed by atoms with E-state index in [2.05, 4.69) is 21.0 Å². The molecular weight excluding hydrogens is 289 g/mol. The second-order valence-corrected chi connectivity index (χ2v) is 5.68. The topological polar surface area (TPSA) is 41.0 Å². The number of rotatable bonds is 2. The lowest BCUT2D eigenvalue weighted by molar-refractivity contribution is 0.629. The summed E-state index contributed by atoms with van der Waals surface area (Å²) < 4.78 is 13.5. The summed E-state index contributed by atoms with van der Waals surface area (Å²) in [6, 6.07) is 8.76. The molecule has 0 aliphatic carbocycles. The normalized spacial score (nSPS) is 16.7. The van der Waals surface area contributed by atoms with E-state index in [9.17, 15) is 4.39 Å². The Kier molecular flexibility index (Phi) is 3.50. The van der Waals surface area contributed by atoms with Crippen LogP contribution >= 0.6 is 0 Å². The summed E-state index contributed by atoms with van der Waals surface area (Å²) in [6.07, 6.45) is 9.64. The van der Waals surface area contributed by atoms with Crippen LogP contribution in [0.2, 0.25) is 0 Å². The van der Waals surface area contributed by atoms with E-state index in [1.54, 1.807) is 18.3 Å². The molecule has 0 spiro atoms. The van der Waals surface area contributed by atoms with Crippen LogP contribution in [0.25, 0.3) is 17.0 Å². The Morgan fingerprint density at radius 1 is 1.22 bits per heavy atom. The van der Waals surface area contributed by atoms with Crippen molar-refractivity contribution >= 4 is 22.7 Å². The lowest BCUT2D eigenvalue weighted by atomic mass is 9.95. The first-order chi connectivity index (χ1) is 11.3. The van der Waals surface area contributed by atoms with E-state index in [0.29, 0.717) is 0 Å². The molecule has 0 atom stereocenters. The number of hydrogen-bond acceptors (Lipinski definition) is 2. The first-order valence-electron chi connectivity index (χ1n) is 7.74. The summed E-state index contributed by atoms with van der Waals surface area (Å²) in [5.41, 5.74) is 5.14. The Labute approximate surface area is 133 Å². The third kappa shape index (κ3) is 2.68. The fourth-order valence-electron chi connectivity index (χ4n) is 3.02. The van der Waals surface area contributed by atoms with Crippen LogP contribution < -0.4 is 0 Å². The van der Waals surface area contributed by atoms with Gasteiger partial charge in [0, 0.05) is 47.2 Å². The number of aliphatic imine (C=N–C) groups is 1. The van der Waals surface area contributed by atoms with Crippen LogP contribution in [0.15, 0.2) is 59.5 Å². The monoisotopic (exact) mass is 305 g/mol. The molecule has 0 fully saturated rings. The van der Waals surface area contributed by atoms with Crippen molar-refractivity contribution in [3.63, 3.8) is 0 Å². The molecule has 0 radical (unpaired) electrons. The molecule has 0 unspecified atom stereocenters. The molecular formula is C19H16FN3. The van der Waals surface area contributed by atoms with Crippen LogP contribution in [0.4, 0.5) is 4.39 Å². The number of allylic oxidation sites excluding steroid dienone is 1. The van der Waals surface area contributed by atoms with Gasteiger partial charge in [-0.1, -0.05) is 0 Å². The Bertz CT molecular complexity index is 907. The van der Waals surface area contributed by atoms with Crippen molar-refractivity contribution in [2.24, 2.45) is 4.99 Å². The Morgan fingerprint density at radius 3 is 3.04 bits per heavy atom. The van der Waals surface area contributed by atoms with Gasteiger partial charge in [-0.15, -0.1) is 0 Å². The molecule has 3 aromatic rings. The third-order valence-corrected chi connectivity index (χ3v) is 4.12. The number of aromatic amines is 1. The highest BCUT2D eigenvalue weighted by molar-refractivity contribution is 6.15. The number of nitrogens with zero attached hydrogens (tertiary/aromatic N) is 2. The number of pyridine rings is 1. The highest BCUT2D eigenvalue weighted by atomic mass is 19.1. The quantitative estimate of drug-likeness (QED) is 0.750. The molecule has 2 aromatic heterocycles. The Morgan fingerprint density at radius 2 is 2.17 bits per heavy atom. The van der Waals surface area contributed by atoms with Gasteiger partial charge in [0.05, 0.1) is 5.71 Å². The van der Waals surface area contributed by atoms with Crippen molar-refractivity contribution in [1.82, 2.24) is 9.97 Å². The van der Waals surface area contributed by atoms with Crippen molar-refractivity contribution in [3.8, 4) is 0 Å². The standard InChI is InChI=1S/C19H16FN3/c20-16-5-6-18-17(10-16)15(12-23-18)9-13-3-2-8-22-19(13)14-4-1-7-21-11-14/h1,4-7,9-12,23H,2-3,8H2. The van der Waals surface area contributed by atoms with Gasteiger partial charge in [0.2, 0.25) is 0 Å². The predicted octanol–water partition coefficient (Wildman–Crippen LogP) is 4.37. The minimum Gasteiger partial charge on any atom is -0.361 e. The number of fused-ring (bicyclic) bond motifs is 1. The minimum atomic E-state index is -0.221. The smallest absolute Gasteiger partial charge is 0.123 e. The van der Waals surface area contributed by atoms with Crippen molar-refractivity contribution in [2.75, 3.05) is 6.54 Å². The molecule has 0 bridgehead atoms. The van der Waals surface area contributed by atoms with Gasteiger partial charge in [-0.05, 0) is 54.8 Å². The molecule has 0 amide bonds.